The van der Waals surface area contributed by atoms with E-state index in [0.717, 1.165) is 22.2 Å². The van der Waals surface area contributed by atoms with E-state index in [1.54, 1.807) is 48.5 Å². The third kappa shape index (κ3) is 3.39. The molecule has 2 amide bonds. The predicted molar refractivity (Wildman–Crippen MR) is 101 cm³/mol. The van der Waals surface area contributed by atoms with Crippen molar-refractivity contribution in [3.63, 3.8) is 0 Å². The van der Waals surface area contributed by atoms with Crippen LogP contribution in [-0.2, 0) is 4.79 Å². The lowest BCUT2D eigenvalue weighted by Crippen LogP contribution is -2.27. The molecule has 4 nitrogen and oxygen atoms in total. The van der Waals surface area contributed by atoms with E-state index in [-0.39, 0.29) is 16.9 Å². The molecule has 0 spiro atoms. The maximum absolute atomic E-state index is 12.5. The topological polar surface area (TPSA) is 57.6 Å². The number of aromatic hydroxyl groups is 1. The lowest BCUT2D eigenvalue weighted by atomic mass is 10.2. The fourth-order valence-electron chi connectivity index (χ4n) is 2.07. The van der Waals surface area contributed by atoms with Gasteiger partial charge in [0.1, 0.15) is 5.75 Å². The Balaban J connectivity index is 1.94. The first-order chi connectivity index (χ1) is 11.0. The quantitative estimate of drug-likeness (QED) is 0.515. The van der Waals surface area contributed by atoms with Crippen molar-refractivity contribution in [3.8, 4) is 5.75 Å². The zero-order valence-corrected chi connectivity index (χ0v) is 15.2. The maximum Gasteiger partial charge on any atom is 0.298 e. The molecule has 0 atom stereocenters. The number of anilines is 1. The van der Waals surface area contributed by atoms with Crippen LogP contribution in [0.2, 0.25) is 5.02 Å². The summed E-state index contributed by atoms with van der Waals surface area (Å²) in [6.45, 7) is 0. The molecular weight excluding hydrogens is 449 g/mol. The molecule has 1 aliphatic rings. The highest BCUT2D eigenvalue weighted by atomic mass is 127. The summed E-state index contributed by atoms with van der Waals surface area (Å²) in [4.78, 5) is 26.1. The molecule has 0 unspecified atom stereocenters. The van der Waals surface area contributed by atoms with Gasteiger partial charge in [-0.15, -0.1) is 0 Å². The second-order valence-electron chi connectivity index (χ2n) is 4.71. The Hall–Kier alpha value is -1.51. The standard InChI is InChI=1S/C16H9ClINO3S/c17-10-2-1-3-11(8-10)19-15(21)14(23-16(19)22)7-9-4-5-13(20)12(18)6-9/h1-8,20H/b14-7+. The van der Waals surface area contributed by atoms with Crippen molar-refractivity contribution < 1.29 is 14.7 Å². The van der Waals surface area contributed by atoms with Gasteiger partial charge in [0.05, 0.1) is 14.2 Å². The van der Waals surface area contributed by atoms with Gasteiger partial charge < -0.3 is 5.11 Å². The van der Waals surface area contributed by atoms with Crippen LogP contribution < -0.4 is 4.90 Å². The van der Waals surface area contributed by atoms with E-state index in [2.05, 4.69) is 0 Å². The smallest absolute Gasteiger partial charge is 0.298 e. The van der Waals surface area contributed by atoms with Crippen LogP contribution in [0.5, 0.6) is 5.75 Å². The molecule has 1 saturated heterocycles. The second-order valence-corrected chi connectivity index (χ2v) is 7.30. The van der Waals surface area contributed by atoms with Gasteiger partial charge >= 0.3 is 0 Å². The molecule has 1 N–H and O–H groups in total. The summed E-state index contributed by atoms with van der Waals surface area (Å²) in [5, 5.41) is 9.63. The fourth-order valence-corrected chi connectivity index (χ4v) is 3.64. The minimum absolute atomic E-state index is 0.176. The van der Waals surface area contributed by atoms with E-state index >= 15 is 0 Å². The summed E-state index contributed by atoms with van der Waals surface area (Å²) in [5.74, 6) is -0.208. The number of thioether (sulfide) groups is 1. The summed E-state index contributed by atoms with van der Waals surface area (Å²) in [7, 11) is 0. The highest BCUT2D eigenvalue weighted by Crippen LogP contribution is 2.36. The molecule has 0 bridgehead atoms. The largest absolute Gasteiger partial charge is 0.507 e. The zero-order chi connectivity index (χ0) is 16.6. The number of halogens is 2. The Labute approximate surface area is 155 Å². The molecule has 2 aromatic rings. The van der Waals surface area contributed by atoms with Crippen LogP contribution in [0, 0.1) is 3.57 Å². The van der Waals surface area contributed by atoms with Gasteiger partial charge in [-0.25, -0.2) is 4.90 Å². The van der Waals surface area contributed by atoms with Crippen LogP contribution in [0.1, 0.15) is 5.56 Å². The first-order valence-electron chi connectivity index (χ1n) is 6.48. The van der Waals surface area contributed by atoms with E-state index in [0.29, 0.717) is 19.2 Å². The molecule has 1 fully saturated rings. The Bertz CT molecular complexity index is 853. The molecule has 7 heteroatoms. The lowest BCUT2D eigenvalue weighted by molar-refractivity contribution is -0.113. The van der Waals surface area contributed by atoms with Crippen LogP contribution in [0.15, 0.2) is 47.4 Å². The van der Waals surface area contributed by atoms with E-state index in [1.807, 2.05) is 22.6 Å². The van der Waals surface area contributed by atoms with Crippen molar-refractivity contribution in [1.29, 1.82) is 0 Å². The van der Waals surface area contributed by atoms with E-state index in [1.165, 1.54) is 0 Å². The molecule has 0 aliphatic carbocycles. The van der Waals surface area contributed by atoms with Gasteiger partial charge in [0.25, 0.3) is 11.1 Å². The van der Waals surface area contributed by atoms with E-state index < -0.39 is 0 Å². The molecule has 0 saturated carbocycles. The zero-order valence-electron chi connectivity index (χ0n) is 11.5. The summed E-state index contributed by atoms with van der Waals surface area (Å²) in [5.41, 5.74) is 1.19. The van der Waals surface area contributed by atoms with Crippen LogP contribution >= 0.6 is 46.0 Å². The third-order valence-corrected chi connectivity index (χ3v) is 5.10. The summed E-state index contributed by atoms with van der Waals surface area (Å²) >= 11 is 8.80. The summed E-state index contributed by atoms with van der Waals surface area (Å²) < 4.78 is 0.672. The third-order valence-electron chi connectivity index (χ3n) is 3.13. The first-order valence-corrected chi connectivity index (χ1v) is 8.75. The molecule has 0 aromatic heterocycles. The number of imide groups is 1. The molecule has 0 radical (unpaired) electrons. The second kappa shape index (κ2) is 6.54. The highest BCUT2D eigenvalue weighted by Gasteiger charge is 2.36. The number of phenols is 1. The number of hydrogen-bond acceptors (Lipinski definition) is 4. The average Bonchev–Trinajstić information content (AvgIpc) is 2.77. The number of phenolic OH excluding ortho intramolecular Hbond substituents is 1. The Morgan fingerprint density at radius 3 is 2.65 bits per heavy atom. The van der Waals surface area contributed by atoms with Gasteiger partial charge in [0.15, 0.2) is 0 Å². The molecule has 1 heterocycles. The fraction of sp³-hybridized carbons (Fsp3) is 0. The number of carbonyl (C=O) groups excluding carboxylic acids is 2. The van der Waals surface area contributed by atoms with Crippen LogP contribution in [0.3, 0.4) is 0 Å². The average molecular weight is 458 g/mol. The van der Waals surface area contributed by atoms with Gasteiger partial charge in [-0.3, -0.25) is 9.59 Å². The molecule has 116 valence electrons. The number of carbonyl (C=O) groups is 2. The van der Waals surface area contributed by atoms with Crippen molar-refractivity contribution in [2.24, 2.45) is 0 Å². The normalized spacial score (nSPS) is 16.4. The minimum atomic E-state index is -0.384. The van der Waals surface area contributed by atoms with Gasteiger partial charge in [0.2, 0.25) is 0 Å². The monoisotopic (exact) mass is 457 g/mol. The molecule has 1 aliphatic heterocycles. The Morgan fingerprint density at radius 2 is 1.96 bits per heavy atom. The number of hydrogen-bond donors (Lipinski definition) is 1. The summed E-state index contributed by atoms with van der Waals surface area (Å²) in [6, 6.07) is 11.6. The van der Waals surface area contributed by atoms with Crippen LogP contribution in [-0.4, -0.2) is 16.3 Å². The molecular formula is C16H9ClINO3S. The highest BCUT2D eigenvalue weighted by molar-refractivity contribution is 14.1. The molecule has 3 rings (SSSR count). The Morgan fingerprint density at radius 1 is 1.17 bits per heavy atom. The SMILES string of the molecule is O=C1S/C(=C/c2ccc(O)c(I)c2)C(=O)N1c1cccc(Cl)c1. The van der Waals surface area contributed by atoms with Crippen molar-refractivity contribution in [2.75, 3.05) is 4.90 Å². The summed E-state index contributed by atoms with van der Waals surface area (Å²) in [6.07, 6.45) is 1.64. The van der Waals surface area contributed by atoms with Gasteiger partial charge in [-0.2, -0.15) is 0 Å². The van der Waals surface area contributed by atoms with Gasteiger partial charge in [-0.1, -0.05) is 23.7 Å². The van der Waals surface area contributed by atoms with Crippen LogP contribution in [0.4, 0.5) is 10.5 Å². The molecule has 23 heavy (non-hydrogen) atoms. The first kappa shape index (κ1) is 16.4. The molecule has 2 aromatic carbocycles. The van der Waals surface area contributed by atoms with Crippen molar-refractivity contribution in [2.45, 2.75) is 0 Å². The van der Waals surface area contributed by atoms with E-state index in [4.69, 9.17) is 11.6 Å². The van der Waals surface area contributed by atoms with Gasteiger partial charge in [-0.05, 0) is 76.3 Å². The number of amides is 2. The lowest BCUT2D eigenvalue weighted by Gasteiger charge is -2.12. The van der Waals surface area contributed by atoms with Crippen molar-refractivity contribution in [1.82, 2.24) is 0 Å². The van der Waals surface area contributed by atoms with Gasteiger partial charge in [0, 0.05) is 5.02 Å². The Kier molecular flexibility index (Phi) is 4.65. The predicted octanol–water partition coefficient (Wildman–Crippen LogP) is 4.89. The van der Waals surface area contributed by atoms with Crippen molar-refractivity contribution in [3.05, 3.63) is 61.5 Å². The van der Waals surface area contributed by atoms with E-state index in [9.17, 15) is 14.7 Å². The number of nitrogens with zero attached hydrogens (tertiary/aromatic N) is 1. The minimum Gasteiger partial charge on any atom is -0.507 e. The maximum atomic E-state index is 12.5. The van der Waals surface area contributed by atoms with Crippen molar-refractivity contribution >= 4 is 68.9 Å². The number of benzene rings is 2. The van der Waals surface area contributed by atoms with Crippen LogP contribution in [0.25, 0.3) is 6.08 Å². The number of rotatable bonds is 2.